The Kier molecular flexibility index (Phi) is 3.25. The van der Waals surface area contributed by atoms with Crippen LogP contribution in [0.1, 0.15) is 32.6 Å². The van der Waals surface area contributed by atoms with E-state index in [-0.39, 0.29) is 0 Å². The zero-order valence-electron chi connectivity index (χ0n) is 8.88. The predicted molar refractivity (Wildman–Crippen MR) is 58.1 cm³/mol. The third kappa shape index (κ3) is 2.38. The van der Waals surface area contributed by atoms with Crippen LogP contribution in [0, 0.1) is 0 Å². The largest absolute Gasteiger partial charge is 0.492 e. The molecular formula is C12H19NO. The predicted octanol–water partition coefficient (Wildman–Crippen LogP) is 2.38. The van der Waals surface area contributed by atoms with E-state index >= 15 is 0 Å². The quantitative estimate of drug-likeness (QED) is 0.637. The number of allylic oxidation sites excluding steroid dienone is 3. The Hall–Kier alpha value is -0.760. The van der Waals surface area contributed by atoms with Gasteiger partial charge in [0, 0.05) is 6.04 Å². The summed E-state index contributed by atoms with van der Waals surface area (Å²) < 4.78 is 5.81. The lowest BCUT2D eigenvalue weighted by molar-refractivity contribution is 0.192. The van der Waals surface area contributed by atoms with Gasteiger partial charge in [-0.1, -0.05) is 6.08 Å². The number of nitrogens with one attached hydrogen (secondary N) is 1. The molecule has 1 N–H and O–H groups in total. The van der Waals surface area contributed by atoms with Gasteiger partial charge in [-0.15, -0.1) is 0 Å². The average molecular weight is 193 g/mol. The minimum atomic E-state index is 0.470. The molecule has 2 rings (SSSR count). The van der Waals surface area contributed by atoms with E-state index < -0.39 is 0 Å². The van der Waals surface area contributed by atoms with Crippen LogP contribution in [0.25, 0.3) is 0 Å². The Morgan fingerprint density at radius 1 is 1.36 bits per heavy atom. The summed E-state index contributed by atoms with van der Waals surface area (Å²) in [6, 6.07) is 0.470. The smallest absolute Gasteiger partial charge is 0.118 e. The first kappa shape index (κ1) is 9.78. The van der Waals surface area contributed by atoms with Gasteiger partial charge in [0.2, 0.25) is 0 Å². The summed E-state index contributed by atoms with van der Waals surface area (Å²) in [5.41, 5.74) is 1.42. The molecule has 2 nitrogen and oxygen atoms in total. The van der Waals surface area contributed by atoms with Crippen LogP contribution < -0.4 is 5.32 Å². The molecule has 1 saturated heterocycles. The third-order valence-electron chi connectivity index (χ3n) is 2.81. The van der Waals surface area contributed by atoms with Crippen molar-refractivity contribution in [3.63, 3.8) is 0 Å². The zero-order chi connectivity index (χ0) is 9.80. The minimum absolute atomic E-state index is 0.470. The van der Waals surface area contributed by atoms with Crippen LogP contribution in [0.15, 0.2) is 23.5 Å². The summed E-state index contributed by atoms with van der Waals surface area (Å²) in [5.74, 6) is 1.15. The maximum atomic E-state index is 5.81. The molecule has 78 valence electrons. The van der Waals surface area contributed by atoms with Crippen LogP contribution in [0.2, 0.25) is 0 Å². The first-order valence-corrected chi connectivity index (χ1v) is 5.62. The van der Waals surface area contributed by atoms with E-state index in [1.54, 1.807) is 0 Å². The van der Waals surface area contributed by atoms with E-state index in [1.807, 2.05) is 0 Å². The Balaban J connectivity index is 2.05. The van der Waals surface area contributed by atoms with E-state index in [0.717, 1.165) is 31.8 Å². The molecule has 14 heavy (non-hydrogen) atoms. The maximum Gasteiger partial charge on any atom is 0.118 e. The van der Waals surface area contributed by atoms with Gasteiger partial charge >= 0.3 is 0 Å². The van der Waals surface area contributed by atoms with E-state index in [4.69, 9.17) is 4.74 Å². The van der Waals surface area contributed by atoms with Crippen LogP contribution >= 0.6 is 0 Å². The van der Waals surface area contributed by atoms with Crippen molar-refractivity contribution < 1.29 is 4.74 Å². The topological polar surface area (TPSA) is 21.3 Å². The number of hydrogen-bond acceptors (Lipinski definition) is 2. The Bertz CT molecular complexity index is 255. The van der Waals surface area contributed by atoms with E-state index in [1.165, 1.54) is 18.4 Å². The van der Waals surface area contributed by atoms with Crippen LogP contribution in [0.4, 0.5) is 0 Å². The molecular weight excluding hydrogens is 174 g/mol. The number of rotatable bonds is 0. The average Bonchev–Trinajstić information content (AvgIpc) is 2.30. The van der Waals surface area contributed by atoms with Crippen LogP contribution in [0.5, 0.6) is 0 Å². The van der Waals surface area contributed by atoms with Crippen molar-refractivity contribution in [2.24, 2.45) is 0 Å². The molecule has 0 saturated carbocycles. The first-order chi connectivity index (χ1) is 6.86. The molecule has 0 bridgehead atoms. The number of hydrogen-bond donors (Lipinski definition) is 1. The van der Waals surface area contributed by atoms with Crippen LogP contribution in [-0.2, 0) is 4.74 Å². The second-order valence-corrected chi connectivity index (χ2v) is 4.14. The van der Waals surface area contributed by atoms with Crippen molar-refractivity contribution in [2.75, 3.05) is 13.2 Å². The molecule has 1 fully saturated rings. The molecule has 1 aliphatic carbocycles. The van der Waals surface area contributed by atoms with Gasteiger partial charge in [0.1, 0.15) is 12.4 Å². The van der Waals surface area contributed by atoms with Crippen LogP contribution in [-0.4, -0.2) is 19.2 Å². The number of ether oxygens (including phenoxy) is 1. The highest BCUT2D eigenvalue weighted by Crippen LogP contribution is 2.24. The summed E-state index contributed by atoms with van der Waals surface area (Å²) in [7, 11) is 0. The maximum absolute atomic E-state index is 5.81. The molecule has 0 aromatic heterocycles. The lowest BCUT2D eigenvalue weighted by atomic mass is 10.0. The number of fused-ring (bicyclic) bond motifs is 1. The van der Waals surface area contributed by atoms with Crippen molar-refractivity contribution in [1.29, 1.82) is 0 Å². The standard InChI is InChI=1S/C12H19NO/c1-10-9-14-12-7-3-2-5-11(12)6-4-8-13-10/h5,7,10,13H,2-4,6,8-9H2,1H3. The summed E-state index contributed by atoms with van der Waals surface area (Å²) >= 11 is 0. The first-order valence-electron chi connectivity index (χ1n) is 5.62. The highest BCUT2D eigenvalue weighted by Gasteiger charge is 2.13. The van der Waals surface area contributed by atoms with Crippen molar-refractivity contribution in [2.45, 2.75) is 38.6 Å². The van der Waals surface area contributed by atoms with Gasteiger partial charge in [-0.25, -0.2) is 0 Å². The minimum Gasteiger partial charge on any atom is -0.492 e. The SMILES string of the molecule is CC1COC2=CCCC=C2CCCN1. The van der Waals surface area contributed by atoms with Crippen molar-refractivity contribution in [3.05, 3.63) is 23.5 Å². The Labute approximate surface area is 86.0 Å². The lowest BCUT2D eigenvalue weighted by Gasteiger charge is -2.17. The molecule has 0 aromatic carbocycles. The fourth-order valence-corrected chi connectivity index (χ4v) is 1.98. The van der Waals surface area contributed by atoms with E-state index in [0.29, 0.717) is 6.04 Å². The van der Waals surface area contributed by atoms with Crippen LogP contribution in [0.3, 0.4) is 0 Å². The molecule has 1 aliphatic heterocycles. The third-order valence-corrected chi connectivity index (χ3v) is 2.81. The molecule has 0 amide bonds. The molecule has 1 heterocycles. The van der Waals surface area contributed by atoms with Gasteiger partial charge in [0.15, 0.2) is 0 Å². The fraction of sp³-hybridized carbons (Fsp3) is 0.667. The molecule has 0 radical (unpaired) electrons. The molecule has 1 atom stereocenters. The van der Waals surface area contributed by atoms with Gasteiger partial charge in [-0.3, -0.25) is 0 Å². The molecule has 2 heteroatoms. The molecule has 0 spiro atoms. The Morgan fingerprint density at radius 3 is 3.14 bits per heavy atom. The zero-order valence-corrected chi connectivity index (χ0v) is 8.88. The van der Waals surface area contributed by atoms with Crippen molar-refractivity contribution in [1.82, 2.24) is 5.32 Å². The van der Waals surface area contributed by atoms with E-state index in [9.17, 15) is 0 Å². The summed E-state index contributed by atoms with van der Waals surface area (Å²) in [6.45, 7) is 4.08. The summed E-state index contributed by atoms with van der Waals surface area (Å²) in [5, 5.41) is 3.45. The van der Waals surface area contributed by atoms with Crippen molar-refractivity contribution in [3.8, 4) is 0 Å². The summed E-state index contributed by atoms with van der Waals surface area (Å²) in [6.07, 6.45) is 9.28. The lowest BCUT2D eigenvalue weighted by Crippen LogP contribution is -2.30. The Morgan fingerprint density at radius 2 is 2.21 bits per heavy atom. The van der Waals surface area contributed by atoms with Gasteiger partial charge in [-0.2, -0.15) is 0 Å². The fourth-order valence-electron chi connectivity index (χ4n) is 1.98. The normalized spacial score (nSPS) is 28.5. The van der Waals surface area contributed by atoms with Gasteiger partial charge in [-0.05, 0) is 50.8 Å². The second kappa shape index (κ2) is 4.65. The highest BCUT2D eigenvalue weighted by molar-refractivity contribution is 5.29. The summed E-state index contributed by atoms with van der Waals surface area (Å²) in [4.78, 5) is 0. The molecule has 0 aromatic rings. The van der Waals surface area contributed by atoms with E-state index in [2.05, 4.69) is 24.4 Å². The molecule has 2 aliphatic rings. The molecule has 1 unspecified atom stereocenters. The van der Waals surface area contributed by atoms with Gasteiger partial charge in [0.25, 0.3) is 0 Å². The second-order valence-electron chi connectivity index (χ2n) is 4.14. The monoisotopic (exact) mass is 193 g/mol. The van der Waals surface area contributed by atoms with Gasteiger partial charge < -0.3 is 10.1 Å². The van der Waals surface area contributed by atoms with Crippen molar-refractivity contribution >= 4 is 0 Å². The van der Waals surface area contributed by atoms with Gasteiger partial charge in [0.05, 0.1) is 0 Å². The highest BCUT2D eigenvalue weighted by atomic mass is 16.5.